The van der Waals surface area contributed by atoms with E-state index in [9.17, 15) is 4.79 Å². The Bertz CT molecular complexity index is 636. The van der Waals surface area contributed by atoms with Crippen LogP contribution in [-0.4, -0.2) is 18.0 Å². The van der Waals surface area contributed by atoms with Crippen molar-refractivity contribution in [1.82, 2.24) is 10.3 Å². The number of amides is 1. The van der Waals surface area contributed by atoms with Crippen LogP contribution in [0.1, 0.15) is 11.1 Å². The number of benzene rings is 1. The molecule has 2 rings (SSSR count). The van der Waals surface area contributed by atoms with E-state index in [-0.39, 0.29) is 5.91 Å². The number of hydrogen-bond acceptors (Lipinski definition) is 4. The molecule has 2 aromatic rings. The number of carbonyl (C=O) groups is 1. The van der Waals surface area contributed by atoms with Gasteiger partial charge in [0, 0.05) is 30.1 Å². The van der Waals surface area contributed by atoms with Gasteiger partial charge in [0.15, 0.2) is 0 Å². The smallest absolute Gasteiger partial charge is 0.244 e. The third kappa shape index (κ3) is 4.35. The average molecular weight is 283 g/mol. The summed E-state index contributed by atoms with van der Waals surface area (Å²) in [5, 5.41) is 2.78. The number of pyridine rings is 1. The highest BCUT2D eigenvalue weighted by atomic mass is 16.5. The lowest BCUT2D eigenvalue weighted by atomic mass is 10.2. The molecule has 1 aromatic heterocycles. The number of rotatable bonds is 5. The number of anilines is 1. The first-order chi connectivity index (χ1) is 10.2. The van der Waals surface area contributed by atoms with Crippen LogP contribution in [0.5, 0.6) is 5.88 Å². The summed E-state index contributed by atoms with van der Waals surface area (Å²) in [6, 6.07) is 10.9. The quantitative estimate of drug-likeness (QED) is 0.650. The standard InChI is InChI=1S/C16H17N3O2/c1-21-16-13(3-2-10-18-16)11-19-15(20)9-6-12-4-7-14(17)8-5-12/h2-10H,11,17H2,1H3,(H,19,20)/b9-6+. The first kappa shape index (κ1) is 14.6. The molecule has 0 saturated carbocycles. The van der Waals surface area contributed by atoms with E-state index in [1.807, 2.05) is 18.2 Å². The highest BCUT2D eigenvalue weighted by molar-refractivity contribution is 5.91. The molecule has 0 radical (unpaired) electrons. The Morgan fingerprint density at radius 1 is 1.33 bits per heavy atom. The Morgan fingerprint density at radius 3 is 2.81 bits per heavy atom. The van der Waals surface area contributed by atoms with Gasteiger partial charge in [0.2, 0.25) is 11.8 Å². The number of nitrogens with zero attached hydrogens (tertiary/aromatic N) is 1. The second-order valence-electron chi connectivity index (χ2n) is 4.39. The van der Waals surface area contributed by atoms with E-state index in [2.05, 4.69) is 10.3 Å². The predicted octanol–water partition coefficient (Wildman–Crippen LogP) is 2.00. The fourth-order valence-corrected chi connectivity index (χ4v) is 1.76. The number of methoxy groups -OCH3 is 1. The van der Waals surface area contributed by atoms with Gasteiger partial charge in [-0.15, -0.1) is 0 Å². The van der Waals surface area contributed by atoms with E-state index in [4.69, 9.17) is 10.5 Å². The van der Waals surface area contributed by atoms with Crippen molar-refractivity contribution in [2.45, 2.75) is 6.54 Å². The van der Waals surface area contributed by atoms with Crippen LogP contribution >= 0.6 is 0 Å². The Hall–Kier alpha value is -2.82. The summed E-state index contributed by atoms with van der Waals surface area (Å²) >= 11 is 0. The van der Waals surface area contributed by atoms with E-state index in [0.29, 0.717) is 18.1 Å². The molecular weight excluding hydrogens is 266 g/mol. The molecule has 5 nitrogen and oxygen atoms in total. The molecule has 0 aliphatic heterocycles. The van der Waals surface area contributed by atoms with Gasteiger partial charge in [-0.2, -0.15) is 0 Å². The zero-order valence-corrected chi connectivity index (χ0v) is 11.7. The van der Waals surface area contributed by atoms with Crippen molar-refractivity contribution in [3.8, 4) is 5.88 Å². The number of hydrogen-bond donors (Lipinski definition) is 2. The molecule has 1 amide bonds. The summed E-state index contributed by atoms with van der Waals surface area (Å²) < 4.78 is 5.13. The van der Waals surface area contributed by atoms with Crippen molar-refractivity contribution in [2.24, 2.45) is 0 Å². The molecule has 1 aromatic carbocycles. The predicted molar refractivity (Wildman–Crippen MR) is 82.5 cm³/mol. The van der Waals surface area contributed by atoms with Crippen molar-refractivity contribution in [3.05, 3.63) is 59.8 Å². The van der Waals surface area contributed by atoms with Crippen LogP contribution < -0.4 is 15.8 Å². The molecule has 3 N–H and O–H groups in total. The van der Waals surface area contributed by atoms with Gasteiger partial charge >= 0.3 is 0 Å². The Kier molecular flexibility index (Phi) is 4.93. The van der Waals surface area contributed by atoms with Gasteiger partial charge in [-0.25, -0.2) is 4.98 Å². The van der Waals surface area contributed by atoms with Gasteiger partial charge < -0.3 is 15.8 Å². The maximum Gasteiger partial charge on any atom is 0.244 e. The van der Waals surface area contributed by atoms with Crippen molar-refractivity contribution in [2.75, 3.05) is 12.8 Å². The molecule has 0 fully saturated rings. The molecule has 0 atom stereocenters. The van der Waals surface area contributed by atoms with Gasteiger partial charge in [0.05, 0.1) is 7.11 Å². The molecule has 21 heavy (non-hydrogen) atoms. The number of nitrogens with two attached hydrogens (primary N) is 1. The summed E-state index contributed by atoms with van der Waals surface area (Å²) in [7, 11) is 1.55. The van der Waals surface area contributed by atoms with Gasteiger partial charge in [0.25, 0.3) is 0 Å². The van der Waals surface area contributed by atoms with Crippen LogP contribution in [0.2, 0.25) is 0 Å². The Morgan fingerprint density at radius 2 is 2.10 bits per heavy atom. The van der Waals surface area contributed by atoms with Crippen molar-refractivity contribution >= 4 is 17.7 Å². The molecule has 108 valence electrons. The molecule has 1 heterocycles. The number of carbonyl (C=O) groups excluding carboxylic acids is 1. The third-order valence-electron chi connectivity index (χ3n) is 2.86. The molecule has 5 heteroatoms. The molecule has 0 spiro atoms. The van der Waals surface area contributed by atoms with E-state index >= 15 is 0 Å². The van der Waals surface area contributed by atoms with Crippen LogP contribution in [0.4, 0.5) is 5.69 Å². The zero-order valence-electron chi connectivity index (χ0n) is 11.7. The number of aromatic nitrogens is 1. The second kappa shape index (κ2) is 7.09. The molecule has 0 saturated heterocycles. The van der Waals surface area contributed by atoms with Gasteiger partial charge in [-0.1, -0.05) is 18.2 Å². The molecular formula is C16H17N3O2. The summed E-state index contributed by atoms with van der Waals surface area (Å²) in [4.78, 5) is 15.8. The van der Waals surface area contributed by atoms with Gasteiger partial charge in [0.1, 0.15) is 0 Å². The average Bonchev–Trinajstić information content (AvgIpc) is 2.52. The summed E-state index contributed by atoms with van der Waals surface area (Å²) in [5.74, 6) is 0.332. The SMILES string of the molecule is COc1ncccc1CNC(=O)/C=C/c1ccc(N)cc1. The van der Waals surface area contributed by atoms with E-state index in [1.54, 1.807) is 37.6 Å². The maximum atomic E-state index is 11.8. The Labute approximate surface area is 123 Å². The van der Waals surface area contributed by atoms with Crippen LogP contribution in [-0.2, 0) is 11.3 Å². The minimum atomic E-state index is -0.183. The van der Waals surface area contributed by atoms with E-state index in [0.717, 1.165) is 11.1 Å². The zero-order chi connectivity index (χ0) is 15.1. The maximum absolute atomic E-state index is 11.8. The fraction of sp³-hybridized carbons (Fsp3) is 0.125. The summed E-state index contributed by atoms with van der Waals surface area (Å²) in [6.07, 6.45) is 4.86. The first-order valence-corrected chi connectivity index (χ1v) is 6.48. The second-order valence-corrected chi connectivity index (χ2v) is 4.39. The van der Waals surface area contributed by atoms with Crippen molar-refractivity contribution in [3.63, 3.8) is 0 Å². The first-order valence-electron chi connectivity index (χ1n) is 6.48. The highest BCUT2D eigenvalue weighted by Crippen LogP contribution is 2.12. The van der Waals surface area contributed by atoms with E-state index < -0.39 is 0 Å². The van der Waals surface area contributed by atoms with Gasteiger partial charge in [-0.05, 0) is 29.8 Å². The van der Waals surface area contributed by atoms with Gasteiger partial charge in [-0.3, -0.25) is 4.79 Å². The molecule has 0 unspecified atom stereocenters. The van der Waals surface area contributed by atoms with Crippen molar-refractivity contribution in [1.29, 1.82) is 0 Å². The topological polar surface area (TPSA) is 77.2 Å². The lowest BCUT2D eigenvalue weighted by Gasteiger charge is -2.06. The summed E-state index contributed by atoms with van der Waals surface area (Å²) in [6.45, 7) is 0.363. The Balaban J connectivity index is 1.91. The lowest BCUT2D eigenvalue weighted by molar-refractivity contribution is -0.116. The minimum Gasteiger partial charge on any atom is -0.481 e. The monoisotopic (exact) mass is 283 g/mol. The minimum absolute atomic E-state index is 0.183. The lowest BCUT2D eigenvalue weighted by Crippen LogP contribution is -2.20. The number of nitrogen functional groups attached to an aromatic ring is 1. The third-order valence-corrected chi connectivity index (χ3v) is 2.86. The van der Waals surface area contributed by atoms with E-state index in [1.165, 1.54) is 6.08 Å². The highest BCUT2D eigenvalue weighted by Gasteiger charge is 2.03. The van der Waals surface area contributed by atoms with Crippen LogP contribution in [0.25, 0.3) is 6.08 Å². The van der Waals surface area contributed by atoms with Crippen LogP contribution in [0.15, 0.2) is 48.7 Å². The molecule has 0 bridgehead atoms. The number of ether oxygens (including phenoxy) is 1. The largest absolute Gasteiger partial charge is 0.481 e. The van der Waals surface area contributed by atoms with Crippen LogP contribution in [0, 0.1) is 0 Å². The molecule has 0 aliphatic rings. The van der Waals surface area contributed by atoms with Crippen LogP contribution in [0.3, 0.4) is 0 Å². The summed E-state index contributed by atoms with van der Waals surface area (Å²) in [5.41, 5.74) is 8.04. The normalized spacial score (nSPS) is 10.5. The molecule has 0 aliphatic carbocycles. The fourth-order valence-electron chi connectivity index (χ4n) is 1.76. The van der Waals surface area contributed by atoms with Crippen molar-refractivity contribution < 1.29 is 9.53 Å². The number of nitrogens with one attached hydrogen (secondary N) is 1.